The largest absolute Gasteiger partial charge is 0.467 e. The zero-order valence-electron chi connectivity index (χ0n) is 20.7. The fourth-order valence-corrected chi connectivity index (χ4v) is 5.01. The highest BCUT2D eigenvalue weighted by Gasteiger charge is 2.51. The number of methoxy groups -OCH3 is 1. The molecule has 4 rings (SSSR count). The number of carbonyl (C=O) groups is 2. The summed E-state index contributed by atoms with van der Waals surface area (Å²) in [6, 6.07) is 4.50. The Morgan fingerprint density at radius 1 is 1.30 bits per heavy atom. The minimum atomic E-state index is -1.36. The number of nitrogens with one attached hydrogen (secondary N) is 1. The monoisotopic (exact) mass is 517 g/mol. The number of aromatic nitrogens is 2. The van der Waals surface area contributed by atoms with Crippen molar-refractivity contribution in [1.82, 2.24) is 20.4 Å². The normalized spacial score (nSPS) is 22.8. The minimum absolute atomic E-state index is 0.0965. The number of fused-ring (bicyclic) bond motifs is 2. The molecule has 2 aliphatic rings. The number of rotatable bonds is 8. The van der Waals surface area contributed by atoms with Crippen LogP contribution in [0.15, 0.2) is 30.3 Å². The van der Waals surface area contributed by atoms with Crippen LogP contribution in [0.5, 0.6) is 5.75 Å². The van der Waals surface area contributed by atoms with Gasteiger partial charge in [-0.25, -0.2) is 13.6 Å². The van der Waals surface area contributed by atoms with Crippen LogP contribution >= 0.6 is 0 Å². The second-order valence-corrected chi connectivity index (χ2v) is 8.99. The van der Waals surface area contributed by atoms with Gasteiger partial charge in [-0.1, -0.05) is 0 Å². The average molecular weight is 518 g/mol. The molecule has 1 unspecified atom stereocenters. The van der Waals surface area contributed by atoms with Crippen molar-refractivity contribution in [2.75, 3.05) is 32.9 Å². The van der Waals surface area contributed by atoms with Gasteiger partial charge in [0.15, 0.2) is 12.6 Å². The number of nitrogens with zero attached hydrogens (tertiary/aromatic N) is 4. The van der Waals surface area contributed by atoms with Gasteiger partial charge in [0.2, 0.25) is 5.91 Å². The number of likely N-dealkylation sites (N-methyl/N-ethyl adjacent to an activating group) is 1. The molecule has 2 aromatic rings. The van der Waals surface area contributed by atoms with Gasteiger partial charge < -0.3 is 24.8 Å². The van der Waals surface area contributed by atoms with E-state index in [1.165, 1.54) is 43.3 Å². The van der Waals surface area contributed by atoms with Crippen molar-refractivity contribution < 1.29 is 33.0 Å². The molecular weight excluding hydrogens is 488 g/mol. The van der Waals surface area contributed by atoms with Gasteiger partial charge in [-0.15, -0.1) is 10.2 Å². The number of halogens is 2. The minimum Gasteiger partial charge on any atom is -0.467 e. The first-order valence-corrected chi connectivity index (χ1v) is 11.8. The van der Waals surface area contributed by atoms with Crippen molar-refractivity contribution in [1.29, 1.82) is 0 Å². The number of anilines is 1. The standard InChI is InChI=1S/C25H29F2N5O5/c1-28-23(33)9-4-14-10-21(37-13-36-3)16(12-17(14)26)18-6-8-22(30-29-18)31(2)20-11-15-5-7-19(24(20)27)32(15)25(34)35/h4,6,8-10,12,15,19-20,24H,5,7,11,13H2,1-3H3,(H,28,33)(H,34,35)/b9-4+/t15-,19+,20-,24?/m1/s1. The number of hydrogen-bond acceptors (Lipinski definition) is 7. The van der Waals surface area contributed by atoms with Gasteiger partial charge in [0, 0.05) is 44.4 Å². The van der Waals surface area contributed by atoms with E-state index in [9.17, 15) is 19.1 Å². The molecule has 2 amide bonds. The van der Waals surface area contributed by atoms with Crippen LogP contribution in [0.2, 0.25) is 0 Å². The maximum absolute atomic E-state index is 15.3. The highest BCUT2D eigenvalue weighted by atomic mass is 19.1. The van der Waals surface area contributed by atoms with E-state index in [0.717, 1.165) is 0 Å². The van der Waals surface area contributed by atoms with Crippen LogP contribution in [0.3, 0.4) is 0 Å². The number of carboxylic acid groups (broad SMARTS) is 1. The lowest BCUT2D eigenvalue weighted by Crippen LogP contribution is -2.58. The topological polar surface area (TPSA) is 117 Å². The van der Waals surface area contributed by atoms with E-state index >= 15 is 4.39 Å². The zero-order valence-corrected chi connectivity index (χ0v) is 20.7. The van der Waals surface area contributed by atoms with Crippen LogP contribution in [0.1, 0.15) is 24.8 Å². The summed E-state index contributed by atoms with van der Waals surface area (Å²) in [6.45, 7) is -0.0965. The van der Waals surface area contributed by atoms with Crippen LogP contribution in [0.4, 0.5) is 19.4 Å². The predicted molar refractivity (Wildman–Crippen MR) is 131 cm³/mol. The molecule has 2 aliphatic heterocycles. The highest BCUT2D eigenvalue weighted by Crippen LogP contribution is 2.40. The lowest BCUT2D eigenvalue weighted by Gasteiger charge is -2.43. The molecule has 0 radical (unpaired) electrons. The zero-order chi connectivity index (χ0) is 26.7. The van der Waals surface area contributed by atoms with E-state index < -0.39 is 30.2 Å². The quantitative estimate of drug-likeness (QED) is 0.405. The Hall–Kier alpha value is -3.80. The van der Waals surface area contributed by atoms with E-state index in [1.54, 1.807) is 24.1 Å². The molecule has 2 N–H and O–H groups in total. The summed E-state index contributed by atoms with van der Waals surface area (Å²) < 4.78 is 40.8. The molecule has 0 aliphatic carbocycles. The number of amides is 2. The molecule has 2 saturated heterocycles. The molecular formula is C25H29F2N5O5. The second-order valence-electron chi connectivity index (χ2n) is 8.99. The van der Waals surface area contributed by atoms with Gasteiger partial charge in [-0.3, -0.25) is 9.69 Å². The van der Waals surface area contributed by atoms with E-state index in [1.807, 2.05) is 0 Å². The third kappa shape index (κ3) is 5.33. The SMILES string of the molecule is CNC(=O)/C=C/c1cc(OCOC)c(-c2ccc(N(C)[C@@H]3C[C@H]4CC[C@@H](C3F)N4C(=O)O)nn2)cc1F. The van der Waals surface area contributed by atoms with Crippen molar-refractivity contribution >= 4 is 23.9 Å². The first-order valence-electron chi connectivity index (χ1n) is 11.8. The number of carbonyl (C=O) groups excluding carboxylic acids is 1. The number of hydrogen-bond donors (Lipinski definition) is 2. The Bertz CT molecular complexity index is 1180. The summed E-state index contributed by atoms with van der Waals surface area (Å²) >= 11 is 0. The molecule has 198 valence electrons. The summed E-state index contributed by atoms with van der Waals surface area (Å²) in [7, 11) is 4.62. The summed E-state index contributed by atoms with van der Waals surface area (Å²) in [5.74, 6) is -0.296. The van der Waals surface area contributed by atoms with Crippen LogP contribution < -0.4 is 15.0 Å². The van der Waals surface area contributed by atoms with Crippen molar-refractivity contribution in [3.63, 3.8) is 0 Å². The Kier molecular flexibility index (Phi) is 7.86. The molecule has 3 heterocycles. The van der Waals surface area contributed by atoms with Crippen molar-refractivity contribution in [2.24, 2.45) is 0 Å². The number of ether oxygens (including phenoxy) is 2. The van der Waals surface area contributed by atoms with Gasteiger partial charge in [0.05, 0.1) is 17.8 Å². The third-order valence-corrected chi connectivity index (χ3v) is 6.89. The Morgan fingerprint density at radius 3 is 2.73 bits per heavy atom. The first kappa shape index (κ1) is 26.3. The second kappa shape index (κ2) is 11.1. The fourth-order valence-electron chi connectivity index (χ4n) is 5.01. The third-order valence-electron chi connectivity index (χ3n) is 6.89. The lowest BCUT2D eigenvalue weighted by atomic mass is 9.94. The molecule has 10 nitrogen and oxygen atoms in total. The smallest absolute Gasteiger partial charge is 0.407 e. The molecule has 0 spiro atoms. The maximum atomic E-state index is 15.3. The summed E-state index contributed by atoms with van der Waals surface area (Å²) in [5, 5.41) is 20.3. The van der Waals surface area contributed by atoms with Crippen LogP contribution in [-0.2, 0) is 9.53 Å². The Morgan fingerprint density at radius 2 is 2.08 bits per heavy atom. The highest BCUT2D eigenvalue weighted by molar-refractivity contribution is 5.91. The van der Waals surface area contributed by atoms with Crippen LogP contribution in [0.25, 0.3) is 17.3 Å². The summed E-state index contributed by atoms with van der Waals surface area (Å²) in [5.41, 5.74) is 0.783. The van der Waals surface area contributed by atoms with Crippen molar-refractivity contribution in [2.45, 2.75) is 43.6 Å². The van der Waals surface area contributed by atoms with E-state index in [0.29, 0.717) is 36.3 Å². The summed E-state index contributed by atoms with van der Waals surface area (Å²) in [4.78, 5) is 26.0. The van der Waals surface area contributed by atoms with Gasteiger partial charge in [-0.2, -0.15) is 0 Å². The predicted octanol–water partition coefficient (Wildman–Crippen LogP) is 3.08. The van der Waals surface area contributed by atoms with Crippen LogP contribution in [0, 0.1) is 5.82 Å². The van der Waals surface area contributed by atoms with E-state index in [4.69, 9.17) is 9.47 Å². The molecule has 0 saturated carbocycles. The Balaban J connectivity index is 1.58. The molecule has 1 aromatic carbocycles. The molecule has 2 bridgehead atoms. The fraction of sp³-hybridized carbons (Fsp3) is 0.440. The lowest BCUT2D eigenvalue weighted by molar-refractivity contribution is -0.115. The van der Waals surface area contributed by atoms with Crippen molar-refractivity contribution in [3.8, 4) is 17.0 Å². The van der Waals surface area contributed by atoms with Gasteiger partial charge in [0.25, 0.3) is 0 Å². The van der Waals surface area contributed by atoms with Crippen molar-refractivity contribution in [3.05, 3.63) is 41.7 Å². The number of benzene rings is 1. The average Bonchev–Trinajstić information content (AvgIpc) is 3.25. The molecule has 12 heteroatoms. The van der Waals surface area contributed by atoms with E-state index in [-0.39, 0.29) is 30.1 Å². The number of alkyl halides is 1. The molecule has 1 aromatic heterocycles. The van der Waals surface area contributed by atoms with Gasteiger partial charge in [0.1, 0.15) is 17.7 Å². The van der Waals surface area contributed by atoms with E-state index in [2.05, 4.69) is 15.5 Å². The molecule has 2 fully saturated rings. The maximum Gasteiger partial charge on any atom is 0.407 e. The van der Waals surface area contributed by atoms with Gasteiger partial charge in [-0.05, 0) is 49.6 Å². The number of piperidine rings is 1. The first-order chi connectivity index (χ1) is 17.7. The van der Waals surface area contributed by atoms with Gasteiger partial charge >= 0.3 is 6.09 Å². The summed E-state index contributed by atoms with van der Waals surface area (Å²) in [6.07, 6.45) is 1.57. The van der Waals surface area contributed by atoms with Crippen LogP contribution in [-0.4, -0.2) is 84.5 Å². The molecule has 37 heavy (non-hydrogen) atoms. The molecule has 4 atom stereocenters. The Labute approximate surface area is 212 Å².